The lowest BCUT2D eigenvalue weighted by molar-refractivity contribution is -0.113. The zero-order valence-corrected chi connectivity index (χ0v) is 17.5. The van der Waals surface area contributed by atoms with Gasteiger partial charge in [-0.1, -0.05) is 57.5 Å². The normalized spacial score (nSPS) is 10.9. The number of nitrogens with one attached hydrogen (secondary N) is 1. The maximum atomic E-state index is 12.3. The van der Waals surface area contributed by atoms with Crippen LogP contribution in [0.5, 0.6) is 0 Å². The minimum absolute atomic E-state index is 0.170. The van der Waals surface area contributed by atoms with E-state index in [4.69, 9.17) is 11.6 Å². The first-order chi connectivity index (χ1) is 13.6. The highest BCUT2D eigenvalue weighted by Gasteiger charge is 2.13. The number of benzene rings is 2. The molecule has 2 aromatic carbocycles. The number of rotatable bonds is 5. The van der Waals surface area contributed by atoms with Crippen LogP contribution in [0.4, 0.5) is 5.69 Å². The summed E-state index contributed by atoms with van der Waals surface area (Å²) in [5.41, 5.74) is 2.18. The third kappa shape index (κ3) is 4.04. The average molecular weight is 475 g/mol. The Morgan fingerprint density at radius 3 is 2.79 bits per heavy atom. The van der Waals surface area contributed by atoms with E-state index in [9.17, 15) is 4.79 Å². The molecular formula is C19H13BrClN5OS. The molecule has 4 aromatic rings. The number of anilines is 1. The Morgan fingerprint density at radius 2 is 2.00 bits per heavy atom. The van der Waals surface area contributed by atoms with E-state index in [-0.39, 0.29) is 11.7 Å². The monoisotopic (exact) mass is 473 g/mol. The Balaban J connectivity index is 1.51. The van der Waals surface area contributed by atoms with Crippen molar-refractivity contribution in [2.45, 2.75) is 5.03 Å². The first kappa shape index (κ1) is 18.9. The highest BCUT2D eigenvalue weighted by atomic mass is 79.9. The predicted molar refractivity (Wildman–Crippen MR) is 115 cm³/mol. The fourth-order valence-corrected chi connectivity index (χ4v) is 4.09. The summed E-state index contributed by atoms with van der Waals surface area (Å²) in [4.78, 5) is 21.0. The number of hydrogen-bond acceptors (Lipinski definition) is 5. The molecule has 0 atom stereocenters. The smallest absolute Gasteiger partial charge is 0.234 e. The lowest BCUT2D eigenvalue weighted by Gasteiger charge is -2.07. The van der Waals surface area contributed by atoms with E-state index >= 15 is 0 Å². The van der Waals surface area contributed by atoms with Crippen LogP contribution in [-0.2, 0) is 4.79 Å². The predicted octanol–water partition coefficient (Wildman–Crippen LogP) is 4.96. The third-order valence-corrected chi connectivity index (χ3v) is 5.69. The van der Waals surface area contributed by atoms with Crippen molar-refractivity contribution >= 4 is 61.9 Å². The summed E-state index contributed by atoms with van der Waals surface area (Å²) >= 11 is 10.8. The number of halogens is 2. The van der Waals surface area contributed by atoms with E-state index in [1.54, 1.807) is 23.0 Å². The molecule has 4 rings (SSSR count). The third-order valence-electron chi connectivity index (χ3n) is 3.88. The Bertz CT molecular complexity index is 1150. The molecule has 0 spiro atoms. The van der Waals surface area contributed by atoms with Gasteiger partial charge in [0.05, 0.1) is 33.7 Å². The van der Waals surface area contributed by atoms with Crippen LogP contribution in [0.1, 0.15) is 0 Å². The second-order valence-corrected chi connectivity index (χ2v) is 8.06. The first-order valence-electron chi connectivity index (χ1n) is 8.23. The lowest BCUT2D eigenvalue weighted by Crippen LogP contribution is -2.14. The van der Waals surface area contributed by atoms with Gasteiger partial charge in [-0.15, -0.1) is 0 Å². The van der Waals surface area contributed by atoms with E-state index in [1.165, 1.54) is 18.1 Å². The van der Waals surface area contributed by atoms with Gasteiger partial charge >= 0.3 is 0 Å². The Hall–Kier alpha value is -2.42. The molecule has 2 aromatic heterocycles. The molecular weight excluding hydrogens is 462 g/mol. The van der Waals surface area contributed by atoms with Gasteiger partial charge in [-0.05, 0) is 30.3 Å². The maximum Gasteiger partial charge on any atom is 0.234 e. The zero-order valence-electron chi connectivity index (χ0n) is 14.3. The second-order valence-electron chi connectivity index (χ2n) is 5.77. The minimum Gasteiger partial charge on any atom is -0.324 e. The van der Waals surface area contributed by atoms with Crippen LogP contribution in [0.3, 0.4) is 0 Å². The van der Waals surface area contributed by atoms with Crippen LogP contribution >= 0.6 is 39.3 Å². The van der Waals surface area contributed by atoms with Crippen molar-refractivity contribution in [3.05, 3.63) is 70.6 Å². The van der Waals surface area contributed by atoms with E-state index in [0.717, 1.165) is 15.5 Å². The number of amides is 1. The van der Waals surface area contributed by atoms with Crippen LogP contribution in [0, 0.1) is 0 Å². The van der Waals surface area contributed by atoms with Gasteiger partial charge in [-0.2, -0.15) is 5.10 Å². The van der Waals surface area contributed by atoms with Crippen LogP contribution in [0.25, 0.3) is 16.7 Å². The van der Waals surface area contributed by atoms with Gasteiger partial charge in [0.1, 0.15) is 11.4 Å². The summed E-state index contributed by atoms with van der Waals surface area (Å²) in [6.45, 7) is 0. The van der Waals surface area contributed by atoms with Gasteiger partial charge in [0.25, 0.3) is 0 Å². The standard InChI is InChI=1S/C19H13BrClN5OS/c20-12-6-7-16(15(21)8-12)25-17(27)10-28-19-14-9-24-26(18(14)22-11-23-19)13-4-2-1-3-5-13/h1-9,11H,10H2,(H,25,27). The highest BCUT2D eigenvalue weighted by Crippen LogP contribution is 2.28. The summed E-state index contributed by atoms with van der Waals surface area (Å²) in [5.74, 6) is 0.0195. The van der Waals surface area contributed by atoms with E-state index < -0.39 is 0 Å². The summed E-state index contributed by atoms with van der Waals surface area (Å²) in [6, 6.07) is 15.0. The topological polar surface area (TPSA) is 72.7 Å². The minimum atomic E-state index is -0.170. The first-order valence-corrected chi connectivity index (χ1v) is 10.4. The molecule has 140 valence electrons. The largest absolute Gasteiger partial charge is 0.324 e. The van der Waals surface area contributed by atoms with Gasteiger partial charge in [0.2, 0.25) is 5.91 Å². The fraction of sp³-hybridized carbons (Fsp3) is 0.0526. The molecule has 0 aliphatic carbocycles. The molecule has 28 heavy (non-hydrogen) atoms. The Labute approximate surface area is 178 Å². The van der Waals surface area contributed by atoms with Crippen LogP contribution in [0.15, 0.2) is 70.6 Å². The molecule has 6 nitrogen and oxygen atoms in total. The average Bonchev–Trinajstić information content (AvgIpc) is 3.14. The van der Waals surface area contributed by atoms with Gasteiger partial charge in [0.15, 0.2) is 5.65 Å². The Kier molecular flexibility index (Phi) is 5.61. The molecule has 0 saturated carbocycles. The SMILES string of the molecule is O=C(CSc1ncnc2c1cnn2-c1ccccc1)Nc1ccc(Br)cc1Cl. The second kappa shape index (κ2) is 8.30. The van der Waals surface area contributed by atoms with Crippen molar-refractivity contribution in [2.75, 3.05) is 11.1 Å². The lowest BCUT2D eigenvalue weighted by atomic mass is 10.3. The molecule has 0 bridgehead atoms. The van der Waals surface area contributed by atoms with Gasteiger partial charge in [-0.3, -0.25) is 4.79 Å². The number of fused-ring (bicyclic) bond motifs is 1. The van der Waals surface area contributed by atoms with Crippen molar-refractivity contribution in [3.63, 3.8) is 0 Å². The highest BCUT2D eigenvalue weighted by molar-refractivity contribution is 9.10. The number of para-hydroxylation sites is 1. The molecule has 0 fully saturated rings. The molecule has 9 heteroatoms. The van der Waals surface area contributed by atoms with Crippen LogP contribution in [-0.4, -0.2) is 31.4 Å². The van der Waals surface area contributed by atoms with Crippen molar-refractivity contribution in [3.8, 4) is 5.69 Å². The van der Waals surface area contributed by atoms with Crippen molar-refractivity contribution < 1.29 is 4.79 Å². The van der Waals surface area contributed by atoms with E-state index in [2.05, 4.69) is 36.3 Å². The van der Waals surface area contributed by atoms with Gasteiger partial charge in [-0.25, -0.2) is 14.6 Å². The number of thioether (sulfide) groups is 1. The molecule has 1 amide bonds. The molecule has 0 radical (unpaired) electrons. The van der Waals surface area contributed by atoms with Crippen LogP contribution < -0.4 is 5.32 Å². The van der Waals surface area contributed by atoms with E-state index in [0.29, 0.717) is 21.4 Å². The summed E-state index contributed by atoms with van der Waals surface area (Å²) in [6.07, 6.45) is 3.20. The molecule has 0 aliphatic heterocycles. The summed E-state index contributed by atoms with van der Waals surface area (Å²) < 4.78 is 2.60. The molecule has 0 aliphatic rings. The van der Waals surface area contributed by atoms with Crippen molar-refractivity contribution in [1.82, 2.24) is 19.7 Å². The van der Waals surface area contributed by atoms with Crippen molar-refractivity contribution in [2.24, 2.45) is 0 Å². The Morgan fingerprint density at radius 1 is 1.18 bits per heavy atom. The quantitative estimate of drug-likeness (QED) is 0.327. The number of aromatic nitrogens is 4. The summed E-state index contributed by atoms with van der Waals surface area (Å²) in [7, 11) is 0. The number of hydrogen-bond donors (Lipinski definition) is 1. The summed E-state index contributed by atoms with van der Waals surface area (Å²) in [5, 5.41) is 9.20. The fourth-order valence-electron chi connectivity index (χ4n) is 2.61. The zero-order chi connectivity index (χ0) is 19.5. The van der Waals surface area contributed by atoms with Gasteiger partial charge < -0.3 is 5.32 Å². The number of nitrogens with zero attached hydrogens (tertiary/aromatic N) is 4. The maximum absolute atomic E-state index is 12.3. The van der Waals surface area contributed by atoms with Crippen LogP contribution in [0.2, 0.25) is 5.02 Å². The molecule has 1 N–H and O–H groups in total. The molecule has 0 unspecified atom stereocenters. The molecule has 0 saturated heterocycles. The van der Waals surface area contributed by atoms with Crippen molar-refractivity contribution in [1.29, 1.82) is 0 Å². The molecule has 2 heterocycles. The van der Waals surface area contributed by atoms with Gasteiger partial charge in [0, 0.05) is 4.47 Å². The number of carbonyl (C=O) groups excluding carboxylic acids is 1. The number of carbonyl (C=O) groups is 1. The van der Waals surface area contributed by atoms with E-state index in [1.807, 2.05) is 36.4 Å².